The Morgan fingerprint density at radius 1 is 1.47 bits per heavy atom. The summed E-state index contributed by atoms with van der Waals surface area (Å²) in [5.41, 5.74) is 0. The van der Waals surface area contributed by atoms with Crippen molar-refractivity contribution in [3.8, 4) is 0 Å². The molecule has 0 aromatic carbocycles. The maximum absolute atomic E-state index is 12.1. The third-order valence-corrected chi connectivity index (χ3v) is 5.57. The van der Waals surface area contributed by atoms with E-state index >= 15 is 0 Å². The fourth-order valence-electron chi connectivity index (χ4n) is 2.29. The number of nitrogens with one attached hydrogen (secondary N) is 1. The number of nitrogens with zero attached hydrogens (tertiary/aromatic N) is 2. The highest BCUT2D eigenvalue weighted by Gasteiger charge is 2.34. The number of rotatable bonds is 2. The van der Waals surface area contributed by atoms with Crippen molar-refractivity contribution in [1.82, 2.24) is 14.8 Å². The van der Waals surface area contributed by atoms with Crippen LogP contribution < -0.4 is 0 Å². The predicted octanol–water partition coefficient (Wildman–Crippen LogP) is 2.16. The van der Waals surface area contributed by atoms with Gasteiger partial charge in [-0.2, -0.15) is 5.10 Å². The zero-order chi connectivity index (χ0) is 12.6. The Balaban J connectivity index is 2.50. The van der Waals surface area contributed by atoms with Gasteiger partial charge in [-0.1, -0.05) is 6.42 Å². The molecule has 1 atom stereocenters. The molecule has 1 saturated heterocycles. The van der Waals surface area contributed by atoms with Crippen LogP contribution in [-0.4, -0.2) is 28.9 Å². The number of hydrogen-bond donors (Lipinski definition) is 1. The van der Waals surface area contributed by atoms with E-state index in [4.69, 9.17) is 12.2 Å². The molecule has 0 aliphatic carbocycles. The van der Waals surface area contributed by atoms with Crippen LogP contribution in [0.3, 0.4) is 0 Å². The van der Waals surface area contributed by atoms with Crippen LogP contribution in [0.15, 0.2) is 0 Å². The van der Waals surface area contributed by atoms with Crippen LogP contribution in [0.4, 0.5) is 0 Å². The van der Waals surface area contributed by atoms with E-state index < -0.39 is 15.1 Å². The molecule has 2 heterocycles. The first kappa shape index (κ1) is 12.8. The van der Waals surface area contributed by atoms with Crippen LogP contribution in [-0.2, 0) is 9.84 Å². The highest BCUT2D eigenvalue weighted by Crippen LogP contribution is 2.33. The summed E-state index contributed by atoms with van der Waals surface area (Å²) in [5.74, 6) is 0.833. The average molecular weight is 275 g/mol. The maximum Gasteiger partial charge on any atom is 0.195 e. The van der Waals surface area contributed by atoms with E-state index in [9.17, 15) is 8.42 Å². The monoisotopic (exact) mass is 275 g/mol. The third-order valence-electron chi connectivity index (χ3n) is 3.11. The average Bonchev–Trinajstić information content (AvgIpc) is 2.59. The van der Waals surface area contributed by atoms with Gasteiger partial charge in [0.25, 0.3) is 0 Å². The van der Waals surface area contributed by atoms with Crippen molar-refractivity contribution in [2.75, 3.05) is 5.75 Å². The smallest absolute Gasteiger partial charge is 0.195 e. The molecule has 2 rings (SSSR count). The Bertz CT molecular complexity index is 556. The van der Waals surface area contributed by atoms with Crippen molar-refractivity contribution < 1.29 is 8.42 Å². The van der Waals surface area contributed by atoms with Crippen LogP contribution in [0.5, 0.6) is 0 Å². The fourth-order valence-corrected chi connectivity index (χ4v) is 4.54. The Labute approximate surface area is 106 Å². The first-order valence-corrected chi connectivity index (χ1v) is 7.94. The largest absolute Gasteiger partial charge is 0.300 e. The molecule has 17 heavy (non-hydrogen) atoms. The second-order valence-corrected chi connectivity index (χ2v) is 7.39. The van der Waals surface area contributed by atoms with Gasteiger partial charge in [-0.15, -0.1) is 0 Å². The third kappa shape index (κ3) is 2.30. The minimum atomic E-state index is -3.07. The van der Waals surface area contributed by atoms with Crippen molar-refractivity contribution in [3.05, 3.63) is 10.6 Å². The number of H-pyrrole nitrogens is 1. The van der Waals surface area contributed by atoms with Crippen LogP contribution in [0.2, 0.25) is 0 Å². The van der Waals surface area contributed by atoms with Gasteiger partial charge in [-0.25, -0.2) is 8.42 Å². The summed E-state index contributed by atoms with van der Waals surface area (Å²) in [7, 11) is -3.07. The van der Waals surface area contributed by atoms with Crippen molar-refractivity contribution in [1.29, 1.82) is 0 Å². The van der Waals surface area contributed by atoms with Crippen molar-refractivity contribution >= 4 is 22.1 Å². The highest BCUT2D eigenvalue weighted by atomic mass is 32.2. The van der Waals surface area contributed by atoms with E-state index in [1.807, 2.05) is 18.4 Å². The first-order chi connectivity index (χ1) is 7.93. The minimum Gasteiger partial charge on any atom is -0.300 e. The predicted molar refractivity (Wildman–Crippen MR) is 68.2 cm³/mol. The molecule has 1 aliphatic heterocycles. The number of aromatic amines is 1. The molecule has 0 saturated carbocycles. The number of sulfone groups is 1. The molecule has 0 bridgehead atoms. The van der Waals surface area contributed by atoms with Gasteiger partial charge in [0.2, 0.25) is 0 Å². The summed E-state index contributed by atoms with van der Waals surface area (Å²) in [6.07, 6.45) is 2.34. The van der Waals surface area contributed by atoms with Gasteiger partial charge in [0, 0.05) is 6.04 Å². The molecule has 1 fully saturated rings. The standard InChI is InChI=1S/C10H17N3O2S2/c1-7(2)13-9(11-12-10(13)16)8-5-3-4-6-17(8,14)15/h7-8H,3-6H2,1-2H3,(H,12,16). The zero-order valence-corrected chi connectivity index (χ0v) is 11.6. The highest BCUT2D eigenvalue weighted by molar-refractivity contribution is 7.91. The molecule has 96 valence electrons. The summed E-state index contributed by atoms with van der Waals surface area (Å²) in [5, 5.41) is 6.33. The molecular weight excluding hydrogens is 258 g/mol. The lowest BCUT2D eigenvalue weighted by molar-refractivity contribution is 0.505. The van der Waals surface area contributed by atoms with E-state index in [1.165, 1.54) is 0 Å². The van der Waals surface area contributed by atoms with Gasteiger partial charge in [-0.3, -0.25) is 5.10 Å². The van der Waals surface area contributed by atoms with Crippen LogP contribution >= 0.6 is 12.2 Å². The normalized spacial score (nSPS) is 24.1. The number of aromatic nitrogens is 3. The minimum absolute atomic E-state index is 0.119. The topological polar surface area (TPSA) is 67.8 Å². The van der Waals surface area contributed by atoms with Gasteiger partial charge >= 0.3 is 0 Å². The molecule has 1 aromatic rings. The van der Waals surface area contributed by atoms with E-state index in [1.54, 1.807) is 0 Å². The quantitative estimate of drug-likeness (QED) is 0.840. The van der Waals surface area contributed by atoms with Crippen LogP contribution in [0.25, 0.3) is 0 Å². The van der Waals surface area contributed by atoms with Gasteiger partial charge in [-0.05, 0) is 38.9 Å². The van der Waals surface area contributed by atoms with Crippen molar-refractivity contribution in [2.24, 2.45) is 0 Å². The molecule has 7 heteroatoms. The van der Waals surface area contributed by atoms with Crippen LogP contribution in [0.1, 0.15) is 50.2 Å². The molecule has 1 unspecified atom stereocenters. The summed E-state index contributed by atoms with van der Waals surface area (Å²) in [6.45, 7) is 3.95. The lowest BCUT2D eigenvalue weighted by atomic mass is 10.2. The van der Waals surface area contributed by atoms with Gasteiger partial charge in [0.15, 0.2) is 14.6 Å². The Kier molecular flexibility index (Phi) is 3.40. The summed E-state index contributed by atoms with van der Waals surface area (Å²) in [6, 6.07) is 0.119. The van der Waals surface area contributed by atoms with E-state index in [-0.39, 0.29) is 11.8 Å². The van der Waals surface area contributed by atoms with E-state index in [0.29, 0.717) is 17.0 Å². The van der Waals surface area contributed by atoms with Gasteiger partial charge in [0.05, 0.1) is 5.75 Å². The molecule has 0 radical (unpaired) electrons. The lowest BCUT2D eigenvalue weighted by Gasteiger charge is -2.23. The molecular formula is C10H17N3O2S2. The zero-order valence-electron chi connectivity index (χ0n) is 10.0. The summed E-state index contributed by atoms with van der Waals surface area (Å²) in [4.78, 5) is 0. The maximum atomic E-state index is 12.1. The second kappa shape index (κ2) is 4.53. The summed E-state index contributed by atoms with van der Waals surface area (Å²) >= 11 is 5.14. The van der Waals surface area contributed by atoms with Gasteiger partial charge in [0.1, 0.15) is 11.1 Å². The van der Waals surface area contributed by atoms with Gasteiger partial charge < -0.3 is 4.57 Å². The fraction of sp³-hybridized carbons (Fsp3) is 0.800. The molecule has 0 amide bonds. The Morgan fingerprint density at radius 2 is 2.18 bits per heavy atom. The van der Waals surface area contributed by atoms with Crippen molar-refractivity contribution in [2.45, 2.75) is 44.4 Å². The lowest BCUT2D eigenvalue weighted by Crippen LogP contribution is -2.25. The molecule has 0 spiro atoms. The van der Waals surface area contributed by atoms with E-state index in [0.717, 1.165) is 12.8 Å². The van der Waals surface area contributed by atoms with Crippen LogP contribution in [0, 0.1) is 4.77 Å². The summed E-state index contributed by atoms with van der Waals surface area (Å²) < 4.78 is 26.4. The molecule has 5 nitrogen and oxygen atoms in total. The Morgan fingerprint density at radius 3 is 2.76 bits per heavy atom. The second-order valence-electron chi connectivity index (χ2n) is 4.70. The molecule has 1 aliphatic rings. The first-order valence-electron chi connectivity index (χ1n) is 5.82. The van der Waals surface area contributed by atoms with E-state index in [2.05, 4.69) is 10.2 Å². The molecule has 1 aromatic heterocycles. The SMILES string of the molecule is CC(C)n1c(C2CCCCS2(=O)=O)n[nH]c1=S. The Hall–Kier alpha value is -0.690. The number of hydrogen-bond acceptors (Lipinski definition) is 4. The van der Waals surface area contributed by atoms with Crippen molar-refractivity contribution in [3.63, 3.8) is 0 Å². The molecule has 1 N–H and O–H groups in total.